The van der Waals surface area contributed by atoms with Gasteiger partial charge in [0.25, 0.3) is 0 Å². The van der Waals surface area contributed by atoms with Crippen molar-refractivity contribution < 1.29 is 19.1 Å². The molecule has 2 aliphatic rings. The lowest BCUT2D eigenvalue weighted by Crippen LogP contribution is -2.48. The lowest BCUT2D eigenvalue weighted by Gasteiger charge is -2.33. The Hall–Kier alpha value is -1.99. The molecule has 24 heavy (non-hydrogen) atoms. The fourth-order valence-electron chi connectivity index (χ4n) is 3.27. The molecule has 2 fully saturated rings. The minimum atomic E-state index is -0.460. The number of aliphatic hydroxyl groups excluding tert-OH is 1. The van der Waals surface area contributed by atoms with E-state index in [9.17, 15) is 19.1 Å². The summed E-state index contributed by atoms with van der Waals surface area (Å²) in [6, 6.07) is 5.36. The molecule has 2 saturated heterocycles. The molecule has 0 radical (unpaired) electrons. The van der Waals surface area contributed by atoms with Crippen molar-refractivity contribution in [2.75, 3.05) is 25.0 Å². The summed E-state index contributed by atoms with van der Waals surface area (Å²) in [5, 5.41) is 15.3. The second-order valence-electron chi connectivity index (χ2n) is 6.45. The monoisotopic (exact) mass is 335 g/mol. The number of hydrogen-bond acceptors (Lipinski definition) is 4. The standard InChI is InChI=1S/C17H22FN3O3/c18-12-1-3-13(4-2-12)20-16(23)11-5-7-21(8-6-11)17(24)15-9-14(22)10-19-15/h1-4,11,14-15,19,22H,5-10H2,(H,20,23). The molecule has 2 heterocycles. The van der Waals surface area contributed by atoms with Gasteiger partial charge in [-0.1, -0.05) is 0 Å². The lowest BCUT2D eigenvalue weighted by molar-refractivity contribution is -0.136. The summed E-state index contributed by atoms with van der Waals surface area (Å²) in [6.07, 6.45) is 1.20. The van der Waals surface area contributed by atoms with Crippen LogP contribution in [0.3, 0.4) is 0 Å². The highest BCUT2D eigenvalue weighted by molar-refractivity contribution is 5.92. The first-order valence-electron chi connectivity index (χ1n) is 8.29. The van der Waals surface area contributed by atoms with Gasteiger partial charge in [0.15, 0.2) is 0 Å². The topological polar surface area (TPSA) is 81.7 Å². The van der Waals surface area contributed by atoms with Crippen LogP contribution in [0.4, 0.5) is 10.1 Å². The van der Waals surface area contributed by atoms with Crippen molar-refractivity contribution in [1.29, 1.82) is 0 Å². The number of likely N-dealkylation sites (tertiary alicyclic amines) is 1. The number of carbonyl (C=O) groups is 2. The average Bonchev–Trinajstić information content (AvgIpc) is 3.03. The molecule has 2 atom stereocenters. The predicted molar refractivity (Wildman–Crippen MR) is 86.7 cm³/mol. The quantitative estimate of drug-likeness (QED) is 0.760. The van der Waals surface area contributed by atoms with Gasteiger partial charge in [0.1, 0.15) is 5.82 Å². The van der Waals surface area contributed by atoms with Crippen molar-refractivity contribution in [3.05, 3.63) is 30.1 Å². The van der Waals surface area contributed by atoms with Gasteiger partial charge in [-0.3, -0.25) is 9.59 Å². The van der Waals surface area contributed by atoms with Gasteiger partial charge in [-0.05, 0) is 43.5 Å². The summed E-state index contributed by atoms with van der Waals surface area (Å²) in [5.41, 5.74) is 0.573. The van der Waals surface area contributed by atoms with E-state index in [1.807, 2.05) is 0 Å². The highest BCUT2D eigenvalue weighted by atomic mass is 19.1. The molecular formula is C17H22FN3O3. The van der Waals surface area contributed by atoms with Gasteiger partial charge in [0.05, 0.1) is 12.1 Å². The maximum Gasteiger partial charge on any atom is 0.239 e. The van der Waals surface area contributed by atoms with E-state index in [-0.39, 0.29) is 29.6 Å². The molecule has 1 aromatic rings. The zero-order chi connectivity index (χ0) is 17.1. The lowest BCUT2D eigenvalue weighted by atomic mass is 9.95. The van der Waals surface area contributed by atoms with Gasteiger partial charge in [-0.25, -0.2) is 4.39 Å². The highest BCUT2D eigenvalue weighted by Gasteiger charge is 2.34. The average molecular weight is 335 g/mol. The van der Waals surface area contributed by atoms with Crippen molar-refractivity contribution >= 4 is 17.5 Å². The molecule has 0 bridgehead atoms. The number of nitrogens with zero attached hydrogens (tertiary/aromatic N) is 1. The Balaban J connectivity index is 1.48. The molecule has 0 aliphatic carbocycles. The maximum atomic E-state index is 12.9. The van der Waals surface area contributed by atoms with Crippen LogP contribution in [-0.2, 0) is 9.59 Å². The number of nitrogens with one attached hydrogen (secondary N) is 2. The fourth-order valence-corrected chi connectivity index (χ4v) is 3.27. The Morgan fingerprint density at radius 1 is 1.21 bits per heavy atom. The number of carbonyl (C=O) groups excluding carboxylic acids is 2. The van der Waals surface area contributed by atoms with Crippen LogP contribution in [0.15, 0.2) is 24.3 Å². The normalized spacial score (nSPS) is 24.8. The van der Waals surface area contributed by atoms with Crippen molar-refractivity contribution in [3.8, 4) is 0 Å². The third kappa shape index (κ3) is 3.91. The van der Waals surface area contributed by atoms with E-state index in [0.717, 1.165) is 0 Å². The van der Waals surface area contributed by atoms with Crippen LogP contribution in [0.1, 0.15) is 19.3 Å². The van der Waals surface area contributed by atoms with Gasteiger partial charge in [-0.15, -0.1) is 0 Å². The van der Waals surface area contributed by atoms with E-state index in [2.05, 4.69) is 10.6 Å². The van der Waals surface area contributed by atoms with Crippen LogP contribution in [-0.4, -0.2) is 53.6 Å². The Morgan fingerprint density at radius 2 is 1.88 bits per heavy atom. The molecule has 3 N–H and O–H groups in total. The van der Waals surface area contributed by atoms with Gasteiger partial charge in [0, 0.05) is 31.2 Å². The molecule has 7 heteroatoms. The summed E-state index contributed by atoms with van der Waals surface area (Å²) < 4.78 is 12.9. The second-order valence-corrected chi connectivity index (χ2v) is 6.45. The number of amides is 2. The smallest absolute Gasteiger partial charge is 0.239 e. The number of halogens is 1. The number of anilines is 1. The van der Waals surface area contributed by atoms with E-state index in [0.29, 0.717) is 44.6 Å². The molecule has 3 rings (SSSR count). The number of benzene rings is 1. The minimum absolute atomic E-state index is 0.00365. The third-order valence-electron chi connectivity index (χ3n) is 4.69. The number of piperidine rings is 1. The highest BCUT2D eigenvalue weighted by Crippen LogP contribution is 2.21. The van der Waals surface area contributed by atoms with Gasteiger partial charge >= 0.3 is 0 Å². The Bertz CT molecular complexity index is 600. The predicted octanol–water partition coefficient (Wildman–Crippen LogP) is 0.726. The summed E-state index contributed by atoms with van der Waals surface area (Å²) in [5.74, 6) is -0.584. The molecule has 0 spiro atoms. The first kappa shape index (κ1) is 16.9. The molecule has 6 nitrogen and oxygen atoms in total. The van der Waals surface area contributed by atoms with E-state index in [1.165, 1.54) is 24.3 Å². The van der Waals surface area contributed by atoms with Crippen LogP contribution in [0.5, 0.6) is 0 Å². The van der Waals surface area contributed by atoms with Crippen LogP contribution in [0.25, 0.3) is 0 Å². The summed E-state index contributed by atoms with van der Waals surface area (Å²) >= 11 is 0. The Labute approximate surface area is 140 Å². The van der Waals surface area contributed by atoms with Crippen LogP contribution in [0.2, 0.25) is 0 Å². The molecule has 1 aromatic carbocycles. The summed E-state index contributed by atoms with van der Waals surface area (Å²) in [4.78, 5) is 26.4. The van der Waals surface area contributed by atoms with Gasteiger partial charge < -0.3 is 20.6 Å². The Kier molecular flexibility index (Phi) is 5.11. The van der Waals surface area contributed by atoms with Crippen molar-refractivity contribution in [2.24, 2.45) is 5.92 Å². The molecular weight excluding hydrogens is 313 g/mol. The molecule has 2 unspecified atom stereocenters. The number of β-amino-alcohol motifs (C(OH)–C–C–N with tert-alkyl or cyclic N) is 1. The second kappa shape index (κ2) is 7.27. The fraction of sp³-hybridized carbons (Fsp3) is 0.529. The maximum absolute atomic E-state index is 12.9. The van der Waals surface area contributed by atoms with Crippen LogP contribution in [0, 0.1) is 11.7 Å². The summed E-state index contributed by atoms with van der Waals surface area (Å²) in [7, 11) is 0. The van der Waals surface area contributed by atoms with E-state index < -0.39 is 6.10 Å². The first-order chi connectivity index (χ1) is 11.5. The largest absolute Gasteiger partial charge is 0.392 e. The van der Waals surface area contributed by atoms with Gasteiger partial charge in [0.2, 0.25) is 11.8 Å². The van der Waals surface area contributed by atoms with E-state index in [4.69, 9.17) is 0 Å². The van der Waals surface area contributed by atoms with Crippen molar-refractivity contribution in [3.63, 3.8) is 0 Å². The SMILES string of the molecule is O=C(Nc1ccc(F)cc1)C1CCN(C(=O)C2CC(O)CN2)CC1. The minimum Gasteiger partial charge on any atom is -0.392 e. The van der Waals surface area contributed by atoms with E-state index in [1.54, 1.807) is 4.90 Å². The molecule has 0 saturated carbocycles. The zero-order valence-corrected chi connectivity index (χ0v) is 13.4. The number of rotatable bonds is 3. The Morgan fingerprint density at radius 3 is 2.46 bits per heavy atom. The van der Waals surface area contributed by atoms with Crippen LogP contribution >= 0.6 is 0 Å². The summed E-state index contributed by atoms with van der Waals surface area (Å²) in [6.45, 7) is 1.52. The molecule has 130 valence electrons. The molecule has 2 aliphatic heterocycles. The number of aliphatic hydroxyl groups is 1. The van der Waals surface area contributed by atoms with Crippen LogP contribution < -0.4 is 10.6 Å². The molecule has 2 amide bonds. The third-order valence-corrected chi connectivity index (χ3v) is 4.69. The van der Waals surface area contributed by atoms with E-state index >= 15 is 0 Å². The zero-order valence-electron chi connectivity index (χ0n) is 13.4. The number of hydrogen-bond donors (Lipinski definition) is 3. The molecule has 0 aromatic heterocycles. The first-order valence-corrected chi connectivity index (χ1v) is 8.29. The van der Waals surface area contributed by atoms with Crippen molar-refractivity contribution in [1.82, 2.24) is 10.2 Å². The van der Waals surface area contributed by atoms with Crippen molar-refractivity contribution in [2.45, 2.75) is 31.4 Å². The van der Waals surface area contributed by atoms with Gasteiger partial charge in [-0.2, -0.15) is 0 Å².